The van der Waals surface area contributed by atoms with Gasteiger partial charge in [-0.2, -0.15) is 5.10 Å². The molecular formula is C12H19N5O2. The zero-order valence-corrected chi connectivity index (χ0v) is 10.7. The molecule has 1 fully saturated rings. The average molecular weight is 265 g/mol. The molecule has 4 N–H and O–H groups in total. The maximum absolute atomic E-state index is 12.1. The van der Waals surface area contributed by atoms with Crippen LogP contribution in [-0.2, 0) is 11.3 Å². The van der Waals surface area contributed by atoms with Crippen LogP contribution in [0.5, 0.6) is 0 Å². The molecule has 0 saturated heterocycles. The highest BCUT2D eigenvalue weighted by Gasteiger charge is 2.48. The van der Waals surface area contributed by atoms with E-state index in [2.05, 4.69) is 15.6 Å². The zero-order valence-electron chi connectivity index (χ0n) is 10.7. The number of hydrogen-bond acceptors (Lipinski definition) is 4. The largest absolute Gasteiger partial charge is 0.409 e. The minimum Gasteiger partial charge on any atom is -0.409 e. The molecule has 0 bridgehead atoms. The number of aromatic nitrogens is 2. The highest BCUT2D eigenvalue weighted by Crippen LogP contribution is 2.41. The summed E-state index contributed by atoms with van der Waals surface area (Å²) in [4.78, 5) is 12.1. The summed E-state index contributed by atoms with van der Waals surface area (Å²) in [5.74, 6) is -0.127. The van der Waals surface area contributed by atoms with Gasteiger partial charge in [0.05, 0.1) is 0 Å². The van der Waals surface area contributed by atoms with Crippen LogP contribution in [0.3, 0.4) is 0 Å². The third-order valence-electron chi connectivity index (χ3n) is 3.65. The van der Waals surface area contributed by atoms with Gasteiger partial charge in [-0.3, -0.25) is 9.48 Å². The van der Waals surface area contributed by atoms with E-state index >= 15 is 0 Å². The monoisotopic (exact) mass is 265 g/mol. The van der Waals surface area contributed by atoms with Crippen molar-refractivity contribution in [1.29, 1.82) is 0 Å². The van der Waals surface area contributed by atoms with Gasteiger partial charge in [0.1, 0.15) is 5.41 Å². The van der Waals surface area contributed by atoms with Crippen LogP contribution < -0.4 is 11.1 Å². The Labute approximate surface area is 111 Å². The summed E-state index contributed by atoms with van der Waals surface area (Å²) in [5.41, 5.74) is 4.83. The van der Waals surface area contributed by atoms with E-state index in [-0.39, 0.29) is 11.7 Å². The van der Waals surface area contributed by atoms with Gasteiger partial charge < -0.3 is 16.3 Å². The normalized spacial score (nSPS) is 17.8. The lowest BCUT2D eigenvalue weighted by Gasteiger charge is -2.38. The average Bonchev–Trinajstić information content (AvgIpc) is 2.86. The molecule has 0 aliphatic heterocycles. The SMILES string of the molecule is N/C(=N/O)C1(C(=O)NCCCn2cccn2)CCC1. The molecule has 7 heteroatoms. The second kappa shape index (κ2) is 5.73. The van der Waals surface area contributed by atoms with Gasteiger partial charge in [0.2, 0.25) is 5.91 Å². The molecule has 0 atom stereocenters. The summed E-state index contributed by atoms with van der Waals surface area (Å²) in [6, 6.07) is 1.86. The summed E-state index contributed by atoms with van der Waals surface area (Å²) in [5, 5.41) is 18.7. The van der Waals surface area contributed by atoms with Crippen molar-refractivity contribution in [2.24, 2.45) is 16.3 Å². The van der Waals surface area contributed by atoms with E-state index in [1.165, 1.54) is 0 Å². The number of nitrogens with two attached hydrogens (primary N) is 1. The molecular weight excluding hydrogens is 246 g/mol. The lowest BCUT2D eigenvalue weighted by atomic mass is 9.67. The summed E-state index contributed by atoms with van der Waals surface area (Å²) >= 11 is 0. The molecule has 7 nitrogen and oxygen atoms in total. The number of carbonyl (C=O) groups is 1. The molecule has 104 valence electrons. The van der Waals surface area contributed by atoms with Crippen LogP contribution in [0.25, 0.3) is 0 Å². The molecule has 1 amide bonds. The van der Waals surface area contributed by atoms with Crippen molar-refractivity contribution in [1.82, 2.24) is 15.1 Å². The van der Waals surface area contributed by atoms with Crippen molar-refractivity contribution < 1.29 is 10.0 Å². The van der Waals surface area contributed by atoms with E-state index in [9.17, 15) is 4.79 Å². The molecule has 0 radical (unpaired) electrons. The number of amidine groups is 1. The van der Waals surface area contributed by atoms with Gasteiger partial charge in [0.15, 0.2) is 5.84 Å². The van der Waals surface area contributed by atoms with Gasteiger partial charge in [-0.05, 0) is 25.3 Å². The van der Waals surface area contributed by atoms with Crippen LogP contribution in [0.4, 0.5) is 0 Å². The number of hydrogen-bond donors (Lipinski definition) is 3. The van der Waals surface area contributed by atoms with Gasteiger partial charge in [0, 0.05) is 25.5 Å². The molecule has 1 aliphatic rings. The lowest BCUT2D eigenvalue weighted by molar-refractivity contribution is -0.131. The first kappa shape index (κ1) is 13.4. The molecule has 1 aromatic rings. The zero-order chi connectivity index (χ0) is 13.7. The van der Waals surface area contributed by atoms with E-state index < -0.39 is 5.41 Å². The van der Waals surface area contributed by atoms with Gasteiger partial charge >= 0.3 is 0 Å². The number of amides is 1. The fourth-order valence-electron chi connectivity index (χ4n) is 2.27. The van der Waals surface area contributed by atoms with Crippen molar-refractivity contribution in [3.05, 3.63) is 18.5 Å². The minimum atomic E-state index is -0.791. The molecule has 1 aliphatic carbocycles. The molecule has 2 rings (SSSR count). The Balaban J connectivity index is 1.77. The van der Waals surface area contributed by atoms with Gasteiger partial charge in [-0.15, -0.1) is 0 Å². The summed E-state index contributed by atoms with van der Waals surface area (Å²) in [6.07, 6.45) is 6.62. The Morgan fingerprint density at radius 1 is 1.58 bits per heavy atom. The van der Waals surface area contributed by atoms with Crippen LogP contribution in [0.1, 0.15) is 25.7 Å². The number of nitrogens with zero attached hydrogens (tertiary/aromatic N) is 3. The van der Waals surface area contributed by atoms with Crippen molar-refractivity contribution >= 4 is 11.7 Å². The number of oxime groups is 1. The second-order valence-electron chi connectivity index (χ2n) is 4.80. The van der Waals surface area contributed by atoms with E-state index in [4.69, 9.17) is 10.9 Å². The van der Waals surface area contributed by atoms with E-state index in [0.717, 1.165) is 19.4 Å². The second-order valence-corrected chi connectivity index (χ2v) is 4.80. The standard InChI is InChI=1S/C12H19N5O2/c13-10(16-19)12(4-1-5-12)11(18)14-6-2-8-17-9-3-7-15-17/h3,7,9,19H,1-2,4-6,8H2,(H2,13,16)(H,14,18). The highest BCUT2D eigenvalue weighted by molar-refractivity contribution is 6.07. The Hall–Kier alpha value is -2.05. The van der Waals surface area contributed by atoms with E-state index in [1.54, 1.807) is 6.20 Å². The van der Waals surface area contributed by atoms with Crippen molar-refractivity contribution in [2.75, 3.05) is 6.54 Å². The smallest absolute Gasteiger partial charge is 0.233 e. The minimum absolute atomic E-state index is 0.0170. The fraction of sp³-hybridized carbons (Fsp3) is 0.583. The Bertz CT molecular complexity index is 451. The summed E-state index contributed by atoms with van der Waals surface area (Å²) in [6.45, 7) is 1.31. The van der Waals surface area contributed by atoms with Crippen LogP contribution in [0.15, 0.2) is 23.6 Å². The topological polar surface area (TPSA) is 106 Å². The quantitative estimate of drug-likeness (QED) is 0.226. The number of nitrogens with one attached hydrogen (secondary N) is 1. The van der Waals surface area contributed by atoms with Crippen LogP contribution in [0.2, 0.25) is 0 Å². The first-order chi connectivity index (χ1) is 9.19. The summed E-state index contributed by atoms with van der Waals surface area (Å²) in [7, 11) is 0. The molecule has 0 unspecified atom stereocenters. The molecule has 1 heterocycles. The first-order valence-corrected chi connectivity index (χ1v) is 6.43. The maximum atomic E-state index is 12.1. The molecule has 19 heavy (non-hydrogen) atoms. The Kier molecular flexibility index (Phi) is 4.03. The third-order valence-corrected chi connectivity index (χ3v) is 3.65. The van der Waals surface area contributed by atoms with Crippen molar-refractivity contribution in [2.45, 2.75) is 32.2 Å². The Morgan fingerprint density at radius 2 is 2.37 bits per heavy atom. The van der Waals surface area contributed by atoms with Gasteiger partial charge in [-0.1, -0.05) is 11.6 Å². The van der Waals surface area contributed by atoms with E-state index in [0.29, 0.717) is 19.4 Å². The van der Waals surface area contributed by atoms with Crippen LogP contribution in [0, 0.1) is 5.41 Å². The summed E-state index contributed by atoms with van der Waals surface area (Å²) < 4.78 is 1.81. The van der Waals surface area contributed by atoms with E-state index in [1.807, 2.05) is 16.9 Å². The van der Waals surface area contributed by atoms with Gasteiger partial charge in [0.25, 0.3) is 0 Å². The Morgan fingerprint density at radius 3 is 2.89 bits per heavy atom. The first-order valence-electron chi connectivity index (χ1n) is 6.43. The lowest BCUT2D eigenvalue weighted by Crippen LogP contribution is -2.54. The third kappa shape index (κ3) is 2.69. The van der Waals surface area contributed by atoms with Crippen molar-refractivity contribution in [3.63, 3.8) is 0 Å². The maximum Gasteiger partial charge on any atom is 0.233 e. The molecule has 1 saturated carbocycles. The van der Waals surface area contributed by atoms with Gasteiger partial charge in [-0.25, -0.2) is 0 Å². The highest BCUT2D eigenvalue weighted by atomic mass is 16.4. The fourth-order valence-corrected chi connectivity index (χ4v) is 2.27. The number of aryl methyl sites for hydroxylation is 1. The molecule has 0 aromatic carbocycles. The number of rotatable bonds is 6. The predicted molar refractivity (Wildman–Crippen MR) is 69.5 cm³/mol. The van der Waals surface area contributed by atoms with Crippen LogP contribution >= 0.6 is 0 Å². The molecule has 0 spiro atoms. The molecule has 1 aromatic heterocycles. The van der Waals surface area contributed by atoms with Crippen LogP contribution in [-0.4, -0.2) is 33.3 Å². The predicted octanol–water partition coefficient (Wildman–Crippen LogP) is 0.306. The number of carbonyl (C=O) groups excluding carboxylic acids is 1. The van der Waals surface area contributed by atoms with Crippen molar-refractivity contribution in [3.8, 4) is 0 Å².